The van der Waals surface area contributed by atoms with Gasteiger partial charge in [-0.25, -0.2) is 4.98 Å². The highest BCUT2D eigenvalue weighted by Crippen LogP contribution is 2.26. The van der Waals surface area contributed by atoms with Gasteiger partial charge in [0, 0.05) is 30.3 Å². The van der Waals surface area contributed by atoms with E-state index < -0.39 is 11.5 Å². The Hall–Kier alpha value is -2.26. The lowest BCUT2D eigenvalue weighted by Gasteiger charge is -2.30. The summed E-state index contributed by atoms with van der Waals surface area (Å²) in [6.45, 7) is 4.40. The van der Waals surface area contributed by atoms with E-state index in [4.69, 9.17) is 0 Å². The monoisotopic (exact) mass is 461 g/mol. The predicted molar refractivity (Wildman–Crippen MR) is 113 cm³/mol. The third kappa shape index (κ3) is 3.95. The summed E-state index contributed by atoms with van der Waals surface area (Å²) in [4.78, 5) is 32.3. The maximum Gasteiger partial charge on any atom is 0.288 e. The molecule has 0 aliphatic carbocycles. The SMILES string of the molecule is C[C@H]1CCCN(c2nn3c(=O)c(C(=O)NCc4cccc(Br)c4)cnc3s2)C1. The van der Waals surface area contributed by atoms with Crippen LogP contribution in [0.2, 0.25) is 0 Å². The van der Waals surface area contributed by atoms with Crippen LogP contribution in [0.25, 0.3) is 4.96 Å². The van der Waals surface area contributed by atoms with Crippen molar-refractivity contribution >= 4 is 43.3 Å². The summed E-state index contributed by atoms with van der Waals surface area (Å²) in [5.41, 5.74) is 0.493. The van der Waals surface area contributed by atoms with Crippen molar-refractivity contribution in [1.82, 2.24) is 19.9 Å². The number of carbonyl (C=O) groups excluding carboxylic acids is 1. The molecule has 28 heavy (non-hydrogen) atoms. The molecule has 1 amide bonds. The molecule has 1 aromatic carbocycles. The molecule has 3 aromatic rings. The standard InChI is InChI=1S/C19H20BrN5O2S/c1-12-4-3-7-24(11-12)19-23-25-17(27)15(10-22-18(25)28-19)16(26)21-9-13-5-2-6-14(20)8-13/h2,5-6,8,10,12H,3-4,7,9,11H2,1H3,(H,21,26)/t12-/m0/s1. The normalized spacial score (nSPS) is 17.1. The number of aromatic nitrogens is 3. The van der Waals surface area contributed by atoms with Crippen molar-refractivity contribution < 1.29 is 4.79 Å². The van der Waals surface area contributed by atoms with E-state index in [1.54, 1.807) is 0 Å². The molecule has 0 spiro atoms. The van der Waals surface area contributed by atoms with E-state index in [1.807, 2.05) is 24.3 Å². The van der Waals surface area contributed by atoms with Crippen LogP contribution in [0.5, 0.6) is 0 Å². The number of carbonyl (C=O) groups is 1. The van der Waals surface area contributed by atoms with Crippen LogP contribution < -0.4 is 15.8 Å². The predicted octanol–water partition coefficient (Wildman–Crippen LogP) is 3.08. The first-order valence-corrected chi connectivity index (χ1v) is 10.8. The van der Waals surface area contributed by atoms with Crippen LogP contribution in [-0.4, -0.2) is 33.6 Å². The van der Waals surface area contributed by atoms with E-state index in [0.717, 1.165) is 34.7 Å². The van der Waals surface area contributed by atoms with Gasteiger partial charge in [-0.15, -0.1) is 5.10 Å². The van der Waals surface area contributed by atoms with Crippen molar-refractivity contribution in [2.24, 2.45) is 5.92 Å². The van der Waals surface area contributed by atoms with Gasteiger partial charge < -0.3 is 10.2 Å². The molecule has 0 saturated carbocycles. The van der Waals surface area contributed by atoms with Gasteiger partial charge in [0.25, 0.3) is 11.5 Å². The Bertz CT molecular complexity index is 1080. The first-order chi connectivity index (χ1) is 13.5. The lowest BCUT2D eigenvalue weighted by molar-refractivity contribution is 0.0948. The molecule has 9 heteroatoms. The van der Waals surface area contributed by atoms with Gasteiger partial charge in [-0.3, -0.25) is 9.59 Å². The summed E-state index contributed by atoms with van der Waals surface area (Å²) in [7, 11) is 0. The average Bonchev–Trinajstić information content (AvgIpc) is 3.12. The third-order valence-corrected chi connectivity index (χ3v) is 6.27. The fourth-order valence-corrected chi connectivity index (χ4v) is 4.69. The molecular weight excluding hydrogens is 442 g/mol. The van der Waals surface area contributed by atoms with Crippen LogP contribution in [0.3, 0.4) is 0 Å². The number of fused-ring (bicyclic) bond motifs is 1. The molecular formula is C19H20BrN5O2S. The molecule has 4 rings (SSSR count). The average molecular weight is 462 g/mol. The Labute approximate surface area is 174 Å². The Kier molecular flexibility index (Phi) is 5.45. The third-order valence-electron chi connectivity index (χ3n) is 4.79. The summed E-state index contributed by atoms with van der Waals surface area (Å²) >= 11 is 4.79. The van der Waals surface area contributed by atoms with Gasteiger partial charge in [0.05, 0.1) is 0 Å². The van der Waals surface area contributed by atoms with Crippen molar-refractivity contribution in [2.45, 2.75) is 26.3 Å². The second-order valence-electron chi connectivity index (χ2n) is 7.06. The number of nitrogens with zero attached hydrogens (tertiary/aromatic N) is 4. The zero-order chi connectivity index (χ0) is 19.7. The highest BCUT2D eigenvalue weighted by Gasteiger charge is 2.22. The fourth-order valence-electron chi connectivity index (χ4n) is 3.35. The Morgan fingerprint density at radius 3 is 3.07 bits per heavy atom. The lowest BCUT2D eigenvalue weighted by Crippen LogP contribution is -2.34. The zero-order valence-corrected chi connectivity index (χ0v) is 17.8. The largest absolute Gasteiger partial charge is 0.348 e. The van der Waals surface area contributed by atoms with E-state index >= 15 is 0 Å². The Morgan fingerprint density at radius 1 is 1.43 bits per heavy atom. The van der Waals surface area contributed by atoms with Crippen LogP contribution >= 0.6 is 27.3 Å². The van der Waals surface area contributed by atoms with E-state index in [2.05, 4.69) is 43.2 Å². The number of hydrogen-bond acceptors (Lipinski definition) is 6. The molecule has 0 unspecified atom stereocenters. The summed E-state index contributed by atoms with van der Waals surface area (Å²) in [6.07, 6.45) is 3.67. The number of hydrogen-bond donors (Lipinski definition) is 1. The van der Waals surface area contributed by atoms with Crippen LogP contribution in [0, 0.1) is 5.92 Å². The van der Waals surface area contributed by atoms with Crippen molar-refractivity contribution in [3.63, 3.8) is 0 Å². The minimum absolute atomic E-state index is 0.00337. The van der Waals surface area contributed by atoms with Crippen LogP contribution in [-0.2, 0) is 6.54 Å². The highest BCUT2D eigenvalue weighted by atomic mass is 79.9. The maximum absolute atomic E-state index is 12.8. The van der Waals surface area contributed by atoms with Gasteiger partial charge in [-0.1, -0.05) is 46.3 Å². The molecule has 1 aliphatic heterocycles. The van der Waals surface area contributed by atoms with Gasteiger partial charge in [-0.05, 0) is 36.5 Å². The number of piperidine rings is 1. The molecule has 146 valence electrons. The number of anilines is 1. The number of benzene rings is 1. The van der Waals surface area contributed by atoms with E-state index in [9.17, 15) is 9.59 Å². The Morgan fingerprint density at radius 2 is 2.29 bits per heavy atom. The molecule has 1 saturated heterocycles. The van der Waals surface area contributed by atoms with E-state index in [0.29, 0.717) is 17.4 Å². The smallest absolute Gasteiger partial charge is 0.288 e. The van der Waals surface area contributed by atoms with Crippen LogP contribution in [0.1, 0.15) is 35.7 Å². The molecule has 2 aromatic heterocycles. The highest BCUT2D eigenvalue weighted by molar-refractivity contribution is 9.10. The molecule has 1 N–H and O–H groups in total. The number of halogens is 1. The minimum Gasteiger partial charge on any atom is -0.348 e. The van der Waals surface area contributed by atoms with Crippen molar-refractivity contribution in [3.05, 3.63) is 56.4 Å². The molecule has 0 radical (unpaired) electrons. The van der Waals surface area contributed by atoms with Crippen molar-refractivity contribution in [3.8, 4) is 0 Å². The Balaban J connectivity index is 1.55. The van der Waals surface area contributed by atoms with Gasteiger partial charge in [0.15, 0.2) is 0 Å². The molecule has 7 nitrogen and oxygen atoms in total. The second kappa shape index (κ2) is 8.00. The molecule has 3 heterocycles. The second-order valence-corrected chi connectivity index (χ2v) is 8.91. The fraction of sp³-hybridized carbons (Fsp3) is 0.368. The lowest BCUT2D eigenvalue weighted by atomic mass is 10.0. The van der Waals surface area contributed by atoms with Crippen LogP contribution in [0.15, 0.2) is 39.7 Å². The maximum atomic E-state index is 12.8. The van der Waals surface area contributed by atoms with Gasteiger partial charge in [-0.2, -0.15) is 4.52 Å². The van der Waals surface area contributed by atoms with Gasteiger partial charge in [0.2, 0.25) is 10.1 Å². The van der Waals surface area contributed by atoms with Crippen LogP contribution in [0.4, 0.5) is 5.13 Å². The summed E-state index contributed by atoms with van der Waals surface area (Å²) in [5, 5.41) is 8.00. The molecule has 1 atom stereocenters. The zero-order valence-electron chi connectivity index (χ0n) is 15.4. The van der Waals surface area contributed by atoms with E-state index in [1.165, 1.54) is 28.5 Å². The van der Waals surface area contributed by atoms with Gasteiger partial charge >= 0.3 is 0 Å². The minimum atomic E-state index is -0.451. The summed E-state index contributed by atoms with van der Waals surface area (Å²) in [6, 6.07) is 7.64. The van der Waals surface area contributed by atoms with Gasteiger partial charge in [0.1, 0.15) is 5.56 Å². The van der Waals surface area contributed by atoms with E-state index in [-0.39, 0.29) is 5.56 Å². The summed E-state index contributed by atoms with van der Waals surface area (Å²) < 4.78 is 2.18. The first kappa shape index (κ1) is 19.1. The molecule has 1 fully saturated rings. The van der Waals surface area contributed by atoms with Crippen molar-refractivity contribution in [2.75, 3.05) is 18.0 Å². The first-order valence-electron chi connectivity index (χ1n) is 9.18. The topological polar surface area (TPSA) is 79.6 Å². The molecule has 1 aliphatic rings. The number of amides is 1. The number of rotatable bonds is 4. The molecule has 0 bridgehead atoms. The quantitative estimate of drug-likeness (QED) is 0.645. The van der Waals surface area contributed by atoms with Crippen molar-refractivity contribution in [1.29, 1.82) is 0 Å². The summed E-state index contributed by atoms with van der Waals surface area (Å²) in [5.74, 6) is 0.151. The number of nitrogens with one attached hydrogen (secondary N) is 1.